The molecule has 24 heavy (non-hydrogen) atoms. The monoisotopic (exact) mass is 329 g/mol. The van der Waals surface area contributed by atoms with Gasteiger partial charge in [-0.1, -0.05) is 18.2 Å². The number of para-hydroxylation sites is 1. The molecular formula is C19H27N3O2. The van der Waals surface area contributed by atoms with Crippen molar-refractivity contribution in [2.24, 2.45) is 11.8 Å². The molecule has 2 amide bonds. The van der Waals surface area contributed by atoms with Gasteiger partial charge in [0.1, 0.15) is 0 Å². The first-order valence-corrected chi connectivity index (χ1v) is 8.76. The van der Waals surface area contributed by atoms with Gasteiger partial charge >= 0.3 is 0 Å². The summed E-state index contributed by atoms with van der Waals surface area (Å²) in [5.41, 5.74) is 0.965. The maximum absolute atomic E-state index is 12.6. The van der Waals surface area contributed by atoms with E-state index in [1.807, 2.05) is 43.9 Å². The van der Waals surface area contributed by atoms with E-state index >= 15 is 0 Å². The number of hydrogen-bond donors (Lipinski definition) is 1. The van der Waals surface area contributed by atoms with Crippen LogP contribution in [0.3, 0.4) is 0 Å². The summed E-state index contributed by atoms with van der Waals surface area (Å²) >= 11 is 0. The number of anilines is 1. The molecule has 3 rings (SSSR count). The van der Waals surface area contributed by atoms with Crippen molar-refractivity contribution in [2.75, 3.05) is 31.1 Å². The summed E-state index contributed by atoms with van der Waals surface area (Å²) < 4.78 is 0. The highest BCUT2D eigenvalue weighted by Gasteiger charge is 2.50. The lowest BCUT2D eigenvalue weighted by molar-refractivity contribution is -0.135. The summed E-state index contributed by atoms with van der Waals surface area (Å²) in [5, 5.41) is 2.98. The predicted molar refractivity (Wildman–Crippen MR) is 94.7 cm³/mol. The van der Waals surface area contributed by atoms with Gasteiger partial charge in [0.05, 0.1) is 11.8 Å². The van der Waals surface area contributed by atoms with Crippen LogP contribution in [-0.4, -0.2) is 48.4 Å². The summed E-state index contributed by atoms with van der Waals surface area (Å²) in [6.07, 6.45) is 0.694. The van der Waals surface area contributed by atoms with Crippen molar-refractivity contribution >= 4 is 17.5 Å². The average molecular weight is 329 g/mol. The molecule has 1 aromatic rings. The lowest BCUT2D eigenvalue weighted by Gasteiger charge is -2.36. The summed E-state index contributed by atoms with van der Waals surface area (Å²) in [7, 11) is 0. The average Bonchev–Trinajstić information content (AvgIpc) is 3.34. The topological polar surface area (TPSA) is 52.7 Å². The van der Waals surface area contributed by atoms with Gasteiger partial charge in [0.2, 0.25) is 11.8 Å². The van der Waals surface area contributed by atoms with E-state index in [1.54, 1.807) is 0 Å². The number of hydrogen-bond acceptors (Lipinski definition) is 3. The van der Waals surface area contributed by atoms with Crippen molar-refractivity contribution in [1.82, 2.24) is 10.2 Å². The second-order valence-corrected chi connectivity index (χ2v) is 7.84. The molecule has 1 heterocycles. The second-order valence-electron chi connectivity index (χ2n) is 7.84. The highest BCUT2D eigenvalue weighted by atomic mass is 16.2. The number of rotatable bonds is 3. The first-order valence-electron chi connectivity index (χ1n) is 8.76. The molecule has 5 heteroatoms. The van der Waals surface area contributed by atoms with E-state index in [0.717, 1.165) is 26.2 Å². The van der Waals surface area contributed by atoms with Crippen molar-refractivity contribution < 1.29 is 9.59 Å². The number of nitrogens with one attached hydrogen (secondary N) is 1. The van der Waals surface area contributed by atoms with E-state index in [0.29, 0.717) is 6.42 Å². The quantitative estimate of drug-likeness (QED) is 0.921. The Morgan fingerprint density at radius 1 is 1.00 bits per heavy atom. The third-order valence-corrected chi connectivity index (χ3v) is 4.66. The van der Waals surface area contributed by atoms with Crippen molar-refractivity contribution in [1.29, 1.82) is 0 Å². The minimum Gasteiger partial charge on any atom is -0.368 e. The largest absolute Gasteiger partial charge is 0.368 e. The maximum Gasteiger partial charge on any atom is 0.226 e. The van der Waals surface area contributed by atoms with Gasteiger partial charge in [0.25, 0.3) is 0 Å². The van der Waals surface area contributed by atoms with Crippen LogP contribution in [0.4, 0.5) is 5.69 Å². The summed E-state index contributed by atoms with van der Waals surface area (Å²) in [6, 6.07) is 10.3. The zero-order chi connectivity index (χ0) is 17.3. The molecule has 2 aliphatic rings. The minimum atomic E-state index is -0.241. The molecule has 2 fully saturated rings. The van der Waals surface area contributed by atoms with Crippen LogP contribution in [0.25, 0.3) is 0 Å². The van der Waals surface area contributed by atoms with E-state index in [4.69, 9.17) is 0 Å². The number of carbonyl (C=O) groups is 2. The Morgan fingerprint density at radius 2 is 1.62 bits per heavy atom. The van der Waals surface area contributed by atoms with Crippen molar-refractivity contribution in [3.8, 4) is 0 Å². The highest BCUT2D eigenvalue weighted by Crippen LogP contribution is 2.40. The molecule has 1 N–H and O–H groups in total. The Hall–Kier alpha value is -2.04. The fraction of sp³-hybridized carbons (Fsp3) is 0.579. The van der Waals surface area contributed by atoms with Gasteiger partial charge in [0.15, 0.2) is 0 Å². The Labute approximate surface area is 144 Å². The second kappa shape index (κ2) is 6.46. The van der Waals surface area contributed by atoms with Gasteiger partial charge in [-0.15, -0.1) is 0 Å². The zero-order valence-corrected chi connectivity index (χ0v) is 14.8. The van der Waals surface area contributed by atoms with E-state index < -0.39 is 0 Å². The van der Waals surface area contributed by atoms with Crippen LogP contribution in [0, 0.1) is 11.8 Å². The van der Waals surface area contributed by atoms with E-state index in [-0.39, 0.29) is 29.2 Å². The summed E-state index contributed by atoms with van der Waals surface area (Å²) in [6.45, 7) is 9.06. The minimum absolute atomic E-state index is 0.0174. The molecule has 1 aliphatic heterocycles. The summed E-state index contributed by atoms with van der Waals surface area (Å²) in [4.78, 5) is 29.0. The Bertz CT molecular complexity index is 601. The van der Waals surface area contributed by atoms with E-state index in [1.165, 1.54) is 5.69 Å². The van der Waals surface area contributed by atoms with E-state index in [9.17, 15) is 9.59 Å². The van der Waals surface area contributed by atoms with Gasteiger partial charge in [-0.05, 0) is 39.3 Å². The van der Waals surface area contributed by atoms with Crippen LogP contribution >= 0.6 is 0 Å². The molecule has 1 saturated carbocycles. The van der Waals surface area contributed by atoms with Crippen molar-refractivity contribution in [2.45, 2.75) is 32.7 Å². The summed E-state index contributed by atoms with van der Waals surface area (Å²) in [5.74, 6) is -0.0833. The molecule has 0 aromatic heterocycles. The van der Waals surface area contributed by atoms with Crippen molar-refractivity contribution in [3.63, 3.8) is 0 Å². The lowest BCUT2D eigenvalue weighted by Crippen LogP contribution is -2.49. The van der Waals surface area contributed by atoms with Crippen LogP contribution in [0.2, 0.25) is 0 Å². The fourth-order valence-corrected chi connectivity index (χ4v) is 3.28. The third-order valence-electron chi connectivity index (χ3n) is 4.66. The van der Waals surface area contributed by atoms with Crippen LogP contribution in [0.15, 0.2) is 30.3 Å². The van der Waals surface area contributed by atoms with Gasteiger partial charge in [-0.25, -0.2) is 0 Å². The highest BCUT2D eigenvalue weighted by molar-refractivity contribution is 5.92. The van der Waals surface area contributed by atoms with Crippen molar-refractivity contribution in [3.05, 3.63) is 30.3 Å². The smallest absolute Gasteiger partial charge is 0.226 e. The number of amides is 2. The maximum atomic E-state index is 12.6. The van der Waals surface area contributed by atoms with Crippen LogP contribution in [-0.2, 0) is 9.59 Å². The molecule has 5 nitrogen and oxygen atoms in total. The zero-order valence-electron chi connectivity index (χ0n) is 14.8. The number of piperazine rings is 1. The normalized spacial score (nSPS) is 23.8. The van der Waals surface area contributed by atoms with Gasteiger partial charge in [-0.3, -0.25) is 9.59 Å². The number of nitrogens with zero attached hydrogens (tertiary/aromatic N) is 2. The van der Waals surface area contributed by atoms with Crippen LogP contribution < -0.4 is 10.2 Å². The third kappa shape index (κ3) is 3.89. The SMILES string of the molecule is CC(C)(C)NC(=O)C1CC1C(=O)N1CCN(c2ccccc2)CC1. The van der Waals surface area contributed by atoms with Gasteiger partial charge in [-0.2, -0.15) is 0 Å². The first-order chi connectivity index (χ1) is 11.3. The molecule has 0 radical (unpaired) electrons. The molecule has 1 aliphatic carbocycles. The number of carbonyl (C=O) groups excluding carboxylic acids is 2. The molecule has 1 aromatic carbocycles. The Morgan fingerprint density at radius 3 is 2.21 bits per heavy atom. The van der Waals surface area contributed by atoms with E-state index in [2.05, 4.69) is 22.3 Å². The fourth-order valence-electron chi connectivity index (χ4n) is 3.28. The van der Waals surface area contributed by atoms with Crippen LogP contribution in [0.1, 0.15) is 27.2 Å². The molecule has 130 valence electrons. The lowest BCUT2D eigenvalue weighted by atomic mass is 10.1. The molecule has 1 saturated heterocycles. The molecule has 2 atom stereocenters. The Balaban J connectivity index is 1.49. The standard InChI is InChI=1S/C19H27N3O2/c1-19(2,3)20-17(23)15-13-16(15)18(24)22-11-9-21(10-12-22)14-7-5-4-6-8-14/h4-8,15-16H,9-13H2,1-3H3,(H,20,23). The Kier molecular flexibility index (Phi) is 4.52. The molecular weight excluding hydrogens is 302 g/mol. The predicted octanol–water partition coefficient (Wildman–Crippen LogP) is 1.89. The van der Waals surface area contributed by atoms with Gasteiger partial charge in [0, 0.05) is 37.4 Å². The first kappa shape index (κ1) is 16.8. The molecule has 0 bridgehead atoms. The van der Waals surface area contributed by atoms with Gasteiger partial charge < -0.3 is 15.1 Å². The molecule has 0 spiro atoms. The molecule has 2 unspecified atom stereocenters. The number of benzene rings is 1. The van der Waals surface area contributed by atoms with Crippen LogP contribution in [0.5, 0.6) is 0 Å².